The van der Waals surface area contributed by atoms with Crippen LogP contribution in [-0.4, -0.2) is 17.9 Å². The minimum absolute atomic E-state index is 0.0807. The highest BCUT2D eigenvalue weighted by molar-refractivity contribution is 6.36. The fourth-order valence-electron chi connectivity index (χ4n) is 4.72. The third-order valence-corrected chi connectivity index (χ3v) is 7.20. The van der Waals surface area contributed by atoms with Gasteiger partial charge in [0.15, 0.2) is 0 Å². The summed E-state index contributed by atoms with van der Waals surface area (Å²) in [7, 11) is 0. The van der Waals surface area contributed by atoms with Crippen LogP contribution in [0.15, 0.2) is 60.7 Å². The Hall–Kier alpha value is -2.53. The number of para-hydroxylation sites is 1. The maximum atomic E-state index is 13.7. The summed E-state index contributed by atoms with van der Waals surface area (Å²) in [4.78, 5) is 30.1. The van der Waals surface area contributed by atoms with Gasteiger partial charge in [0.1, 0.15) is 0 Å². The number of anilines is 2. The predicted molar refractivity (Wildman–Crippen MR) is 141 cm³/mol. The second-order valence-electron chi connectivity index (χ2n) is 8.47. The number of benzene rings is 3. The van der Waals surface area contributed by atoms with E-state index in [9.17, 15) is 9.59 Å². The van der Waals surface area contributed by atoms with Crippen LogP contribution < -0.4 is 9.80 Å². The van der Waals surface area contributed by atoms with Gasteiger partial charge in [0.05, 0.1) is 6.04 Å². The summed E-state index contributed by atoms with van der Waals surface area (Å²) in [6.07, 6.45) is 1.25. The lowest BCUT2D eigenvalue weighted by Gasteiger charge is -2.43. The third kappa shape index (κ3) is 4.55. The van der Waals surface area contributed by atoms with Crippen LogP contribution in [0.4, 0.5) is 11.4 Å². The Kier molecular flexibility index (Phi) is 7.22. The van der Waals surface area contributed by atoms with Crippen molar-refractivity contribution in [3.8, 4) is 0 Å². The summed E-state index contributed by atoms with van der Waals surface area (Å²) in [6.45, 7) is 5.52. The number of nitrogens with zero attached hydrogens (tertiary/aromatic N) is 2. The number of fused-ring (bicyclic) bond motifs is 1. The van der Waals surface area contributed by atoms with E-state index in [0.717, 1.165) is 22.5 Å². The first-order valence-electron chi connectivity index (χ1n) is 11.2. The molecule has 0 bridgehead atoms. The highest BCUT2D eigenvalue weighted by Gasteiger charge is 2.38. The number of amides is 2. The zero-order valence-corrected chi connectivity index (χ0v) is 21.5. The second kappa shape index (κ2) is 9.99. The van der Waals surface area contributed by atoms with Crippen LogP contribution >= 0.6 is 34.8 Å². The number of hydrogen-bond donors (Lipinski definition) is 0. The smallest absolute Gasteiger partial charge is 0.258 e. The van der Waals surface area contributed by atoms with Crippen LogP contribution in [0.5, 0.6) is 0 Å². The van der Waals surface area contributed by atoms with Crippen LogP contribution in [0.3, 0.4) is 0 Å². The van der Waals surface area contributed by atoms with E-state index in [1.54, 1.807) is 41.0 Å². The monoisotopic (exact) mass is 514 g/mol. The molecule has 1 heterocycles. The first kappa shape index (κ1) is 24.6. The lowest BCUT2D eigenvalue weighted by Crippen LogP contribution is -2.47. The van der Waals surface area contributed by atoms with Gasteiger partial charge in [-0.25, -0.2) is 0 Å². The van der Waals surface area contributed by atoms with Crippen LogP contribution in [0.25, 0.3) is 0 Å². The first-order chi connectivity index (χ1) is 16.2. The maximum absolute atomic E-state index is 13.7. The van der Waals surface area contributed by atoms with Crippen LogP contribution in [-0.2, 0) is 11.2 Å². The van der Waals surface area contributed by atoms with E-state index < -0.39 is 0 Å². The van der Waals surface area contributed by atoms with Crippen molar-refractivity contribution >= 4 is 58.0 Å². The van der Waals surface area contributed by atoms with Crippen molar-refractivity contribution in [3.05, 3.63) is 92.4 Å². The Bertz CT molecular complexity index is 1220. The molecule has 0 radical (unpaired) electrons. The SMILES string of the molecule is CCc1c(Cl)cc(C(=O)N2c3ccccc3[C@H](N(C(C)=O)c3ccc(Cl)cc3)C[C@@H]2C)cc1Cl. The Morgan fingerprint density at radius 1 is 1.00 bits per heavy atom. The molecule has 4 nitrogen and oxygen atoms in total. The summed E-state index contributed by atoms with van der Waals surface area (Å²) in [5.41, 5.74) is 3.70. The molecule has 0 saturated heterocycles. The molecule has 0 unspecified atom stereocenters. The van der Waals surface area contributed by atoms with Gasteiger partial charge >= 0.3 is 0 Å². The normalized spacial score (nSPS) is 17.3. The number of carbonyl (C=O) groups is 2. The molecule has 3 aromatic carbocycles. The summed E-state index contributed by atoms with van der Waals surface area (Å²) in [5, 5.41) is 1.58. The molecule has 1 aliphatic heterocycles. The van der Waals surface area contributed by atoms with Crippen LogP contribution in [0.1, 0.15) is 54.7 Å². The van der Waals surface area contributed by atoms with Crippen LogP contribution in [0.2, 0.25) is 15.1 Å². The molecule has 0 fully saturated rings. The molecule has 0 aromatic heterocycles. The molecule has 7 heteroatoms. The van der Waals surface area contributed by atoms with E-state index in [0.29, 0.717) is 33.5 Å². The van der Waals surface area contributed by atoms with Crippen molar-refractivity contribution in [1.29, 1.82) is 0 Å². The van der Waals surface area contributed by atoms with Gasteiger partial charge in [-0.05, 0) is 73.4 Å². The lowest BCUT2D eigenvalue weighted by molar-refractivity contribution is -0.117. The fourth-order valence-corrected chi connectivity index (χ4v) is 5.60. The topological polar surface area (TPSA) is 40.6 Å². The van der Waals surface area contributed by atoms with E-state index >= 15 is 0 Å². The summed E-state index contributed by atoms with van der Waals surface area (Å²) >= 11 is 18.9. The highest BCUT2D eigenvalue weighted by atomic mass is 35.5. The molecule has 1 aliphatic rings. The summed E-state index contributed by atoms with van der Waals surface area (Å²) in [5.74, 6) is -0.256. The fraction of sp³-hybridized carbons (Fsp3) is 0.259. The molecule has 4 rings (SSSR count). The Morgan fingerprint density at radius 3 is 2.21 bits per heavy atom. The van der Waals surface area contributed by atoms with Crippen molar-refractivity contribution < 1.29 is 9.59 Å². The van der Waals surface area contributed by atoms with Gasteiger partial charge in [0, 0.05) is 45.0 Å². The summed E-state index contributed by atoms with van der Waals surface area (Å²) < 4.78 is 0. The van der Waals surface area contributed by atoms with Gasteiger partial charge in [-0.2, -0.15) is 0 Å². The number of rotatable bonds is 4. The minimum Gasteiger partial charge on any atom is -0.305 e. The number of carbonyl (C=O) groups excluding carboxylic acids is 2. The highest BCUT2D eigenvalue weighted by Crippen LogP contribution is 2.43. The molecular weight excluding hydrogens is 491 g/mol. The van der Waals surface area contributed by atoms with Gasteiger partial charge in [-0.15, -0.1) is 0 Å². The van der Waals surface area contributed by atoms with Gasteiger partial charge in [0.25, 0.3) is 5.91 Å². The molecule has 2 amide bonds. The van der Waals surface area contributed by atoms with Crippen LogP contribution in [0, 0.1) is 0 Å². The molecule has 176 valence electrons. The van der Waals surface area contributed by atoms with E-state index in [2.05, 4.69) is 0 Å². The van der Waals surface area contributed by atoms with Crippen molar-refractivity contribution in [1.82, 2.24) is 0 Å². The van der Waals surface area contributed by atoms with E-state index in [4.69, 9.17) is 34.8 Å². The lowest BCUT2D eigenvalue weighted by atomic mass is 9.89. The number of halogens is 3. The molecule has 0 N–H and O–H groups in total. The average molecular weight is 516 g/mol. The van der Waals surface area contributed by atoms with Gasteiger partial charge in [-0.3, -0.25) is 9.59 Å². The molecule has 0 spiro atoms. The van der Waals surface area contributed by atoms with E-state index in [1.807, 2.05) is 50.2 Å². The molecular formula is C27H25Cl3N2O2. The second-order valence-corrected chi connectivity index (χ2v) is 9.72. The quantitative estimate of drug-likeness (QED) is 0.356. The standard InChI is InChI=1S/C27H25Cl3N2O2/c1-4-21-23(29)14-18(15-24(21)30)27(34)31-16(2)13-26(22-7-5-6-8-25(22)31)32(17(3)33)20-11-9-19(28)10-12-20/h5-12,14-16,26H,4,13H2,1-3H3/t16-,26+/m0/s1. The molecule has 0 aliphatic carbocycles. The Morgan fingerprint density at radius 2 is 1.62 bits per heavy atom. The van der Waals surface area contributed by atoms with Gasteiger partial charge in [-0.1, -0.05) is 59.9 Å². The molecule has 3 aromatic rings. The molecule has 34 heavy (non-hydrogen) atoms. The first-order valence-corrected chi connectivity index (χ1v) is 12.3. The average Bonchev–Trinajstić information content (AvgIpc) is 2.80. The van der Waals surface area contributed by atoms with Crippen molar-refractivity contribution in [2.45, 2.75) is 45.7 Å². The van der Waals surface area contributed by atoms with Gasteiger partial charge < -0.3 is 9.80 Å². The Balaban J connectivity index is 1.78. The summed E-state index contributed by atoms with van der Waals surface area (Å²) in [6, 6.07) is 17.9. The van der Waals surface area contributed by atoms with Crippen molar-refractivity contribution in [2.24, 2.45) is 0 Å². The van der Waals surface area contributed by atoms with E-state index in [1.165, 1.54) is 0 Å². The largest absolute Gasteiger partial charge is 0.305 e. The van der Waals surface area contributed by atoms with Gasteiger partial charge in [0.2, 0.25) is 5.91 Å². The van der Waals surface area contributed by atoms with E-state index in [-0.39, 0.29) is 23.9 Å². The zero-order chi connectivity index (χ0) is 24.6. The third-order valence-electron chi connectivity index (χ3n) is 6.28. The van der Waals surface area contributed by atoms with Crippen molar-refractivity contribution in [2.75, 3.05) is 9.80 Å². The zero-order valence-electron chi connectivity index (χ0n) is 19.2. The maximum Gasteiger partial charge on any atom is 0.258 e. The molecule has 0 saturated carbocycles. The Labute approximate surface area is 215 Å². The molecule has 2 atom stereocenters. The van der Waals surface area contributed by atoms with Crippen molar-refractivity contribution in [3.63, 3.8) is 0 Å². The number of hydrogen-bond acceptors (Lipinski definition) is 2. The predicted octanol–water partition coefficient (Wildman–Crippen LogP) is 7.74. The minimum atomic E-state index is -0.233.